The second-order valence-electron chi connectivity index (χ2n) is 7.84. The standard InChI is InChI=1S/C19H40O3Si/c1-7-17(2)14-12-10-8-9-11-13-15-18(16-19(20)21-3)22-23(4,5)6/h17-18H,7-16H2,1-6H3. The number of rotatable bonds is 14. The molecule has 0 amide bonds. The molecule has 0 fully saturated rings. The lowest BCUT2D eigenvalue weighted by Gasteiger charge is -2.25. The zero-order valence-electron chi connectivity index (χ0n) is 16.5. The lowest BCUT2D eigenvalue weighted by Crippen LogP contribution is -2.33. The molecule has 0 heterocycles. The van der Waals surface area contributed by atoms with Gasteiger partial charge in [-0.3, -0.25) is 4.79 Å². The van der Waals surface area contributed by atoms with Crippen molar-refractivity contribution in [3.8, 4) is 0 Å². The molecule has 0 aromatic rings. The number of unbranched alkanes of at least 4 members (excludes halogenated alkanes) is 5. The summed E-state index contributed by atoms with van der Waals surface area (Å²) in [6.07, 6.45) is 11.9. The highest BCUT2D eigenvalue weighted by molar-refractivity contribution is 6.69. The van der Waals surface area contributed by atoms with Gasteiger partial charge in [-0.1, -0.05) is 65.2 Å². The summed E-state index contributed by atoms with van der Waals surface area (Å²) in [6.45, 7) is 11.1. The first kappa shape index (κ1) is 22.6. The van der Waals surface area contributed by atoms with Crippen LogP contribution >= 0.6 is 0 Å². The minimum absolute atomic E-state index is 0.0412. The van der Waals surface area contributed by atoms with Gasteiger partial charge in [-0.05, 0) is 32.0 Å². The van der Waals surface area contributed by atoms with Crippen molar-refractivity contribution in [1.29, 1.82) is 0 Å². The molecule has 0 spiro atoms. The van der Waals surface area contributed by atoms with Crippen LogP contribution in [0.1, 0.15) is 78.1 Å². The van der Waals surface area contributed by atoms with Crippen molar-refractivity contribution < 1.29 is 14.0 Å². The molecule has 2 unspecified atom stereocenters. The van der Waals surface area contributed by atoms with Gasteiger partial charge < -0.3 is 9.16 Å². The number of ether oxygens (including phenoxy) is 1. The van der Waals surface area contributed by atoms with Crippen LogP contribution in [-0.2, 0) is 14.0 Å². The number of esters is 1. The summed E-state index contributed by atoms with van der Waals surface area (Å²) in [5, 5.41) is 0. The maximum absolute atomic E-state index is 11.5. The largest absolute Gasteiger partial charge is 0.469 e. The van der Waals surface area contributed by atoms with Crippen molar-refractivity contribution in [1.82, 2.24) is 0 Å². The quantitative estimate of drug-likeness (QED) is 0.222. The Bertz CT molecular complexity index is 299. The summed E-state index contributed by atoms with van der Waals surface area (Å²) in [4.78, 5) is 11.5. The third kappa shape index (κ3) is 14.9. The van der Waals surface area contributed by atoms with Gasteiger partial charge in [-0.15, -0.1) is 0 Å². The highest BCUT2D eigenvalue weighted by Crippen LogP contribution is 2.18. The molecule has 138 valence electrons. The predicted octanol–water partition coefficient (Wildman–Crippen LogP) is 5.94. The zero-order chi connectivity index (χ0) is 17.7. The molecule has 0 aromatic carbocycles. The van der Waals surface area contributed by atoms with Crippen molar-refractivity contribution >= 4 is 14.3 Å². The van der Waals surface area contributed by atoms with Crippen LogP contribution in [0.25, 0.3) is 0 Å². The van der Waals surface area contributed by atoms with Crippen molar-refractivity contribution in [2.75, 3.05) is 7.11 Å². The molecule has 0 rings (SSSR count). The first-order chi connectivity index (χ1) is 10.8. The Hall–Kier alpha value is -0.353. The molecule has 2 atom stereocenters. The Labute approximate surface area is 145 Å². The molecule has 3 nitrogen and oxygen atoms in total. The van der Waals surface area contributed by atoms with Gasteiger partial charge in [0.25, 0.3) is 0 Å². The Kier molecular flexibility index (Phi) is 12.8. The fourth-order valence-corrected chi connectivity index (χ4v) is 3.95. The second kappa shape index (κ2) is 13.0. The summed E-state index contributed by atoms with van der Waals surface area (Å²) >= 11 is 0. The molecule has 0 saturated heterocycles. The lowest BCUT2D eigenvalue weighted by atomic mass is 9.99. The molecule has 0 bridgehead atoms. The normalized spacial score (nSPS) is 14.5. The summed E-state index contributed by atoms with van der Waals surface area (Å²) in [5.41, 5.74) is 0. The van der Waals surface area contributed by atoms with E-state index in [4.69, 9.17) is 9.16 Å². The molecular weight excluding hydrogens is 304 g/mol. The highest BCUT2D eigenvalue weighted by Gasteiger charge is 2.23. The Morgan fingerprint density at radius 3 is 1.96 bits per heavy atom. The van der Waals surface area contributed by atoms with Crippen LogP contribution in [-0.4, -0.2) is 27.5 Å². The van der Waals surface area contributed by atoms with Crippen molar-refractivity contribution in [2.24, 2.45) is 5.92 Å². The highest BCUT2D eigenvalue weighted by atomic mass is 28.4. The summed E-state index contributed by atoms with van der Waals surface area (Å²) in [5.74, 6) is 0.728. The van der Waals surface area contributed by atoms with E-state index in [0.717, 1.165) is 18.8 Å². The molecule has 23 heavy (non-hydrogen) atoms. The number of methoxy groups -OCH3 is 1. The van der Waals surface area contributed by atoms with E-state index < -0.39 is 8.32 Å². The van der Waals surface area contributed by atoms with Gasteiger partial charge in [0.2, 0.25) is 0 Å². The smallest absolute Gasteiger partial charge is 0.308 e. The molecule has 4 heteroatoms. The lowest BCUT2D eigenvalue weighted by molar-refractivity contribution is -0.142. The Morgan fingerprint density at radius 2 is 1.48 bits per heavy atom. The number of hydrogen-bond donors (Lipinski definition) is 0. The van der Waals surface area contributed by atoms with Crippen molar-refractivity contribution in [2.45, 2.75) is 104 Å². The summed E-state index contributed by atoms with van der Waals surface area (Å²) < 4.78 is 10.9. The van der Waals surface area contributed by atoms with E-state index in [0.29, 0.717) is 6.42 Å². The van der Waals surface area contributed by atoms with E-state index in [2.05, 4.69) is 33.5 Å². The van der Waals surface area contributed by atoms with Crippen LogP contribution in [0.2, 0.25) is 19.6 Å². The first-order valence-electron chi connectivity index (χ1n) is 9.53. The van der Waals surface area contributed by atoms with E-state index in [1.807, 2.05) is 0 Å². The van der Waals surface area contributed by atoms with Gasteiger partial charge in [-0.25, -0.2) is 0 Å². The molecule has 0 radical (unpaired) electrons. The van der Waals surface area contributed by atoms with Crippen LogP contribution in [0.5, 0.6) is 0 Å². The maximum atomic E-state index is 11.5. The topological polar surface area (TPSA) is 35.5 Å². The van der Waals surface area contributed by atoms with Crippen LogP contribution in [0.3, 0.4) is 0 Å². The zero-order valence-corrected chi connectivity index (χ0v) is 17.5. The predicted molar refractivity (Wildman–Crippen MR) is 101 cm³/mol. The fourth-order valence-electron chi connectivity index (χ4n) is 2.75. The Morgan fingerprint density at radius 1 is 0.957 bits per heavy atom. The molecule has 0 aliphatic rings. The molecule has 0 saturated carbocycles. The van der Waals surface area contributed by atoms with Gasteiger partial charge in [0.15, 0.2) is 8.32 Å². The third-order valence-corrected chi connectivity index (χ3v) is 5.35. The van der Waals surface area contributed by atoms with Crippen molar-refractivity contribution in [3.05, 3.63) is 0 Å². The molecule has 0 aromatic heterocycles. The van der Waals surface area contributed by atoms with Gasteiger partial charge in [0.05, 0.1) is 19.6 Å². The summed E-state index contributed by atoms with van der Waals surface area (Å²) in [7, 11) is -0.157. The summed E-state index contributed by atoms with van der Waals surface area (Å²) in [6, 6.07) is 0. The molecule has 0 N–H and O–H groups in total. The number of carbonyl (C=O) groups is 1. The van der Waals surface area contributed by atoms with Gasteiger partial charge in [0.1, 0.15) is 0 Å². The van der Waals surface area contributed by atoms with Gasteiger partial charge >= 0.3 is 5.97 Å². The number of carbonyl (C=O) groups excluding carboxylic acids is 1. The van der Waals surface area contributed by atoms with E-state index in [1.54, 1.807) is 0 Å². The molecular formula is C19H40O3Si. The third-order valence-electron chi connectivity index (χ3n) is 4.31. The Balaban J connectivity index is 3.79. The van der Waals surface area contributed by atoms with E-state index in [1.165, 1.54) is 52.1 Å². The number of hydrogen-bond acceptors (Lipinski definition) is 3. The second-order valence-corrected chi connectivity index (χ2v) is 12.3. The first-order valence-corrected chi connectivity index (χ1v) is 12.9. The molecule has 0 aliphatic carbocycles. The van der Waals surface area contributed by atoms with Crippen LogP contribution in [0.4, 0.5) is 0 Å². The van der Waals surface area contributed by atoms with Crippen LogP contribution < -0.4 is 0 Å². The average molecular weight is 345 g/mol. The van der Waals surface area contributed by atoms with E-state index in [9.17, 15) is 4.79 Å². The van der Waals surface area contributed by atoms with E-state index in [-0.39, 0.29) is 12.1 Å². The SMILES string of the molecule is CCC(C)CCCCCCCCC(CC(=O)OC)O[Si](C)(C)C. The van der Waals surface area contributed by atoms with Crippen LogP contribution in [0, 0.1) is 5.92 Å². The monoisotopic (exact) mass is 344 g/mol. The van der Waals surface area contributed by atoms with E-state index >= 15 is 0 Å². The minimum atomic E-state index is -1.61. The average Bonchev–Trinajstić information content (AvgIpc) is 2.47. The van der Waals surface area contributed by atoms with Crippen LogP contribution in [0.15, 0.2) is 0 Å². The van der Waals surface area contributed by atoms with Gasteiger partial charge in [-0.2, -0.15) is 0 Å². The fraction of sp³-hybridized carbons (Fsp3) is 0.947. The minimum Gasteiger partial charge on any atom is -0.469 e. The van der Waals surface area contributed by atoms with Crippen molar-refractivity contribution in [3.63, 3.8) is 0 Å². The maximum Gasteiger partial charge on any atom is 0.308 e. The molecule has 0 aliphatic heterocycles. The van der Waals surface area contributed by atoms with Gasteiger partial charge in [0, 0.05) is 0 Å².